The van der Waals surface area contributed by atoms with E-state index >= 15 is 0 Å². The van der Waals surface area contributed by atoms with Gasteiger partial charge in [-0.15, -0.1) is 0 Å². The summed E-state index contributed by atoms with van der Waals surface area (Å²) < 4.78 is 13.0. The second-order valence-corrected chi connectivity index (χ2v) is 4.58. The Hall–Kier alpha value is -2.83. The summed E-state index contributed by atoms with van der Waals surface area (Å²) in [7, 11) is 0. The summed E-state index contributed by atoms with van der Waals surface area (Å²) in [5.74, 6) is -1.57. The van der Waals surface area contributed by atoms with Crippen LogP contribution < -0.4 is 10.6 Å². The Bertz CT molecular complexity index is 709. The van der Waals surface area contributed by atoms with E-state index in [9.17, 15) is 14.0 Å². The maximum atomic E-state index is 13.0. The topological polar surface area (TPSA) is 94.2 Å². The molecule has 0 saturated heterocycles. The molecule has 2 amide bonds. The average Bonchev–Trinajstić information content (AvgIpc) is 2.74. The first-order chi connectivity index (χ1) is 9.86. The average molecular weight is 291 g/mol. The summed E-state index contributed by atoms with van der Waals surface area (Å²) >= 11 is 0. The molecular weight excluding hydrogens is 277 g/mol. The Labute approximate surface area is 120 Å². The number of halogens is 1. The quantitative estimate of drug-likeness (QED) is 0.699. The third-order valence-electron chi connectivity index (χ3n) is 2.85. The minimum atomic E-state index is -1.17. The van der Waals surface area contributed by atoms with Gasteiger partial charge in [0.1, 0.15) is 11.5 Å². The van der Waals surface area contributed by atoms with Crippen LogP contribution in [0.2, 0.25) is 0 Å². The van der Waals surface area contributed by atoms with Crippen LogP contribution in [-0.4, -0.2) is 22.1 Å². The van der Waals surface area contributed by atoms with Gasteiger partial charge in [-0.3, -0.25) is 0 Å². The highest BCUT2D eigenvalue weighted by Gasteiger charge is 2.15. The van der Waals surface area contributed by atoms with Gasteiger partial charge < -0.3 is 20.7 Å². The fourth-order valence-corrected chi connectivity index (χ4v) is 1.90. The predicted octanol–water partition coefficient (Wildman–Crippen LogP) is 3.11. The monoisotopic (exact) mass is 291 g/mol. The first kappa shape index (κ1) is 14.6. The van der Waals surface area contributed by atoms with E-state index in [0.717, 1.165) is 0 Å². The van der Waals surface area contributed by atoms with Crippen LogP contribution >= 0.6 is 0 Å². The Morgan fingerprint density at radius 1 is 1.14 bits per heavy atom. The van der Waals surface area contributed by atoms with Crippen molar-refractivity contribution in [1.29, 1.82) is 0 Å². The number of urea groups is 1. The van der Waals surface area contributed by atoms with Crippen molar-refractivity contribution >= 4 is 23.4 Å². The molecule has 0 spiro atoms. The van der Waals surface area contributed by atoms with Gasteiger partial charge in [-0.05, 0) is 43.7 Å². The van der Waals surface area contributed by atoms with Crippen molar-refractivity contribution in [1.82, 2.24) is 4.98 Å². The maximum absolute atomic E-state index is 13.0. The molecule has 7 heteroatoms. The Morgan fingerprint density at radius 2 is 1.81 bits per heavy atom. The van der Waals surface area contributed by atoms with Crippen LogP contribution in [0.5, 0.6) is 0 Å². The first-order valence-electron chi connectivity index (χ1n) is 6.14. The Balaban J connectivity index is 2.13. The van der Waals surface area contributed by atoms with Crippen LogP contribution in [0, 0.1) is 19.7 Å². The van der Waals surface area contributed by atoms with E-state index in [1.807, 2.05) is 0 Å². The molecule has 0 unspecified atom stereocenters. The summed E-state index contributed by atoms with van der Waals surface area (Å²) in [4.78, 5) is 25.5. The number of aromatic nitrogens is 1. The molecule has 21 heavy (non-hydrogen) atoms. The summed E-state index contributed by atoms with van der Waals surface area (Å²) in [5.41, 5.74) is 1.68. The van der Waals surface area contributed by atoms with Gasteiger partial charge in [0.2, 0.25) is 0 Å². The molecular formula is C14H14FN3O3. The van der Waals surface area contributed by atoms with E-state index in [2.05, 4.69) is 15.6 Å². The van der Waals surface area contributed by atoms with Gasteiger partial charge in [0.15, 0.2) is 0 Å². The standard InChI is InChI=1S/C14H14FN3O3/c1-7-5-9(15)3-4-10(7)17-14(21)18-11-6-8(2)16-12(11)13(19)20/h3-6,16H,1-2H3,(H,19,20)(H2,17,18,21). The van der Waals surface area contributed by atoms with Crippen LogP contribution in [0.15, 0.2) is 24.3 Å². The number of aryl methyl sites for hydroxylation is 2. The van der Waals surface area contributed by atoms with Crippen molar-refractivity contribution in [3.8, 4) is 0 Å². The number of aromatic carboxylic acids is 1. The van der Waals surface area contributed by atoms with Gasteiger partial charge in [-0.25, -0.2) is 14.0 Å². The Morgan fingerprint density at radius 3 is 2.43 bits per heavy atom. The van der Waals surface area contributed by atoms with Gasteiger partial charge in [-0.1, -0.05) is 0 Å². The molecule has 2 aromatic rings. The van der Waals surface area contributed by atoms with E-state index in [4.69, 9.17) is 5.11 Å². The lowest BCUT2D eigenvalue weighted by molar-refractivity contribution is 0.0692. The number of aromatic amines is 1. The van der Waals surface area contributed by atoms with Gasteiger partial charge in [0, 0.05) is 11.4 Å². The number of hydrogen-bond acceptors (Lipinski definition) is 2. The number of H-pyrrole nitrogens is 1. The summed E-state index contributed by atoms with van der Waals surface area (Å²) in [6.45, 7) is 3.33. The van der Waals surface area contributed by atoms with Crippen molar-refractivity contribution < 1.29 is 19.1 Å². The van der Waals surface area contributed by atoms with E-state index < -0.39 is 17.8 Å². The Kier molecular flexibility index (Phi) is 3.93. The molecule has 1 heterocycles. The lowest BCUT2D eigenvalue weighted by Crippen LogP contribution is -2.21. The van der Waals surface area contributed by atoms with Gasteiger partial charge >= 0.3 is 12.0 Å². The fraction of sp³-hybridized carbons (Fsp3) is 0.143. The number of amides is 2. The largest absolute Gasteiger partial charge is 0.477 e. The zero-order valence-electron chi connectivity index (χ0n) is 11.5. The van der Waals surface area contributed by atoms with E-state index in [1.54, 1.807) is 13.8 Å². The van der Waals surface area contributed by atoms with Crippen LogP contribution in [0.3, 0.4) is 0 Å². The van der Waals surface area contributed by atoms with Crippen molar-refractivity contribution in [3.63, 3.8) is 0 Å². The molecule has 6 nitrogen and oxygen atoms in total. The molecule has 1 aromatic carbocycles. The molecule has 0 bridgehead atoms. The molecule has 0 aliphatic rings. The number of carbonyl (C=O) groups excluding carboxylic acids is 1. The van der Waals surface area contributed by atoms with Crippen molar-refractivity contribution in [2.24, 2.45) is 0 Å². The number of anilines is 2. The highest BCUT2D eigenvalue weighted by atomic mass is 19.1. The minimum absolute atomic E-state index is 0.0986. The number of carboxylic acid groups (broad SMARTS) is 1. The molecule has 1 aromatic heterocycles. The molecule has 110 valence electrons. The second kappa shape index (κ2) is 5.66. The smallest absolute Gasteiger partial charge is 0.354 e. The minimum Gasteiger partial charge on any atom is -0.477 e. The van der Waals surface area contributed by atoms with Crippen molar-refractivity contribution in [2.75, 3.05) is 10.6 Å². The number of hydrogen-bond donors (Lipinski definition) is 4. The number of rotatable bonds is 3. The van der Waals surface area contributed by atoms with Crippen molar-refractivity contribution in [2.45, 2.75) is 13.8 Å². The maximum Gasteiger partial charge on any atom is 0.354 e. The zero-order chi connectivity index (χ0) is 15.6. The SMILES string of the molecule is Cc1cc(NC(=O)Nc2ccc(F)cc2C)c(C(=O)O)[nH]1. The number of nitrogens with one attached hydrogen (secondary N) is 3. The molecule has 0 saturated carbocycles. The van der Waals surface area contributed by atoms with Gasteiger partial charge in [0.05, 0.1) is 5.69 Å². The molecule has 0 fully saturated rings. The van der Waals surface area contributed by atoms with Crippen LogP contribution in [0.25, 0.3) is 0 Å². The lowest BCUT2D eigenvalue weighted by Gasteiger charge is -2.09. The lowest BCUT2D eigenvalue weighted by atomic mass is 10.2. The highest BCUT2D eigenvalue weighted by molar-refractivity contribution is 6.04. The molecule has 0 radical (unpaired) electrons. The highest BCUT2D eigenvalue weighted by Crippen LogP contribution is 2.19. The number of benzene rings is 1. The molecule has 0 aliphatic carbocycles. The van der Waals surface area contributed by atoms with Gasteiger partial charge in [-0.2, -0.15) is 0 Å². The molecule has 0 atom stereocenters. The van der Waals surface area contributed by atoms with E-state index in [0.29, 0.717) is 16.9 Å². The van der Waals surface area contributed by atoms with E-state index in [1.165, 1.54) is 24.3 Å². The first-order valence-corrected chi connectivity index (χ1v) is 6.14. The van der Waals surface area contributed by atoms with Crippen molar-refractivity contribution in [3.05, 3.63) is 47.0 Å². The predicted molar refractivity (Wildman–Crippen MR) is 76.3 cm³/mol. The van der Waals surface area contributed by atoms with Crippen LogP contribution in [-0.2, 0) is 0 Å². The third-order valence-corrected chi connectivity index (χ3v) is 2.85. The normalized spacial score (nSPS) is 10.2. The van der Waals surface area contributed by atoms with E-state index in [-0.39, 0.29) is 11.4 Å². The van der Waals surface area contributed by atoms with Gasteiger partial charge in [0.25, 0.3) is 0 Å². The molecule has 4 N–H and O–H groups in total. The molecule has 0 aliphatic heterocycles. The molecule has 2 rings (SSSR count). The zero-order valence-corrected chi connectivity index (χ0v) is 11.5. The number of carboxylic acids is 1. The summed E-state index contributed by atoms with van der Waals surface area (Å²) in [6, 6.07) is 4.86. The summed E-state index contributed by atoms with van der Waals surface area (Å²) in [5, 5.41) is 14.0. The second-order valence-electron chi connectivity index (χ2n) is 4.58. The number of carbonyl (C=O) groups is 2. The fourth-order valence-electron chi connectivity index (χ4n) is 1.90. The third kappa shape index (κ3) is 3.38. The van der Waals surface area contributed by atoms with Crippen LogP contribution in [0.4, 0.5) is 20.6 Å². The summed E-state index contributed by atoms with van der Waals surface area (Å²) in [6.07, 6.45) is 0. The van der Waals surface area contributed by atoms with Crippen LogP contribution in [0.1, 0.15) is 21.7 Å².